The third-order valence-electron chi connectivity index (χ3n) is 3.74. The van der Waals surface area contributed by atoms with Crippen LogP contribution in [0.2, 0.25) is 5.15 Å². The largest absolute Gasteiger partial charge is 0.408 e. The molecule has 1 aliphatic heterocycles. The lowest BCUT2D eigenvalue weighted by Gasteiger charge is -2.39. The molecule has 0 saturated heterocycles. The standard InChI is InChI=1S/C14H17ClF3N3O2/c1-13(2,3)9(22)7-21-8(14(16,17)18)4-5-20-11(23)6-10(15)19-12(20)21/h6,8H,4-5,7H2,1-3H3/t8-/m0/s1. The average Bonchev–Trinajstić information content (AvgIpc) is 2.36. The zero-order valence-corrected chi connectivity index (χ0v) is 13.7. The zero-order chi connectivity index (χ0) is 17.6. The van der Waals surface area contributed by atoms with Crippen LogP contribution in [-0.4, -0.2) is 34.1 Å². The summed E-state index contributed by atoms with van der Waals surface area (Å²) in [6.45, 7) is 4.27. The number of nitrogens with zero attached hydrogens (tertiary/aromatic N) is 3. The van der Waals surface area contributed by atoms with Gasteiger partial charge in [-0.05, 0) is 6.42 Å². The summed E-state index contributed by atoms with van der Waals surface area (Å²) < 4.78 is 41.1. The summed E-state index contributed by atoms with van der Waals surface area (Å²) in [4.78, 5) is 28.8. The fraction of sp³-hybridized carbons (Fsp3) is 0.643. The van der Waals surface area contributed by atoms with Crippen molar-refractivity contribution in [1.82, 2.24) is 9.55 Å². The van der Waals surface area contributed by atoms with Crippen LogP contribution in [0.5, 0.6) is 0 Å². The number of hydrogen-bond acceptors (Lipinski definition) is 4. The molecule has 0 bridgehead atoms. The SMILES string of the molecule is CC(C)(C)C(=O)CN1c2nc(Cl)cc(=O)n2CC[C@H]1C(F)(F)F. The Morgan fingerprint density at radius 2 is 2.00 bits per heavy atom. The Balaban J connectivity index is 2.52. The van der Waals surface area contributed by atoms with Crippen LogP contribution in [0.1, 0.15) is 27.2 Å². The Kier molecular flexibility index (Phi) is 4.49. The van der Waals surface area contributed by atoms with Crippen LogP contribution >= 0.6 is 11.6 Å². The normalized spacial score (nSPS) is 18.7. The quantitative estimate of drug-likeness (QED) is 0.769. The Morgan fingerprint density at radius 1 is 1.39 bits per heavy atom. The van der Waals surface area contributed by atoms with Crippen molar-refractivity contribution in [2.24, 2.45) is 5.41 Å². The fourth-order valence-corrected chi connectivity index (χ4v) is 2.52. The second-order valence-electron chi connectivity index (χ2n) is 6.52. The molecule has 1 aromatic rings. The lowest BCUT2D eigenvalue weighted by molar-refractivity contribution is -0.153. The molecule has 1 aromatic heterocycles. The average molecular weight is 352 g/mol. The molecule has 2 rings (SSSR count). The number of halogens is 4. The van der Waals surface area contributed by atoms with E-state index < -0.39 is 29.7 Å². The van der Waals surface area contributed by atoms with Crippen molar-refractivity contribution in [3.63, 3.8) is 0 Å². The van der Waals surface area contributed by atoms with Gasteiger partial charge in [0, 0.05) is 18.0 Å². The molecule has 0 unspecified atom stereocenters. The van der Waals surface area contributed by atoms with Crippen molar-refractivity contribution in [2.75, 3.05) is 11.4 Å². The second kappa shape index (κ2) is 5.81. The maximum Gasteiger partial charge on any atom is 0.408 e. The number of aromatic nitrogens is 2. The molecule has 23 heavy (non-hydrogen) atoms. The van der Waals surface area contributed by atoms with Gasteiger partial charge in [-0.25, -0.2) is 4.98 Å². The van der Waals surface area contributed by atoms with Crippen LogP contribution < -0.4 is 10.5 Å². The molecule has 0 fully saturated rings. The molecule has 0 N–H and O–H groups in total. The van der Waals surface area contributed by atoms with E-state index in [-0.39, 0.29) is 29.9 Å². The molecule has 0 radical (unpaired) electrons. The van der Waals surface area contributed by atoms with E-state index in [1.807, 2.05) is 0 Å². The maximum atomic E-state index is 13.3. The van der Waals surface area contributed by atoms with Crippen LogP contribution in [0.15, 0.2) is 10.9 Å². The number of alkyl halides is 3. The molecule has 1 aliphatic rings. The van der Waals surface area contributed by atoms with Gasteiger partial charge in [-0.1, -0.05) is 32.4 Å². The molecule has 0 spiro atoms. The summed E-state index contributed by atoms with van der Waals surface area (Å²) in [6.07, 6.45) is -4.86. The third kappa shape index (κ3) is 3.68. The Bertz CT molecular complexity index is 679. The topological polar surface area (TPSA) is 55.2 Å². The Labute approximate surface area is 136 Å². The summed E-state index contributed by atoms with van der Waals surface area (Å²) in [5.74, 6) is -0.594. The van der Waals surface area contributed by atoms with Crippen LogP contribution in [-0.2, 0) is 11.3 Å². The van der Waals surface area contributed by atoms with E-state index in [4.69, 9.17) is 11.6 Å². The first-order valence-electron chi connectivity index (χ1n) is 7.05. The van der Waals surface area contributed by atoms with Gasteiger partial charge >= 0.3 is 6.18 Å². The van der Waals surface area contributed by atoms with Crippen molar-refractivity contribution in [3.05, 3.63) is 21.6 Å². The highest BCUT2D eigenvalue weighted by Gasteiger charge is 2.47. The first-order chi connectivity index (χ1) is 10.4. The minimum absolute atomic E-state index is 0.122. The number of hydrogen-bond donors (Lipinski definition) is 0. The highest BCUT2D eigenvalue weighted by Crippen LogP contribution is 2.34. The first kappa shape index (κ1) is 17.8. The van der Waals surface area contributed by atoms with Crippen molar-refractivity contribution in [2.45, 2.75) is 46.0 Å². The van der Waals surface area contributed by atoms with Gasteiger partial charge in [-0.3, -0.25) is 14.2 Å². The number of rotatable bonds is 2. The minimum atomic E-state index is -4.54. The second-order valence-corrected chi connectivity index (χ2v) is 6.90. The predicted octanol–water partition coefficient (Wildman–Crippen LogP) is 2.65. The van der Waals surface area contributed by atoms with Gasteiger partial charge in [-0.15, -0.1) is 0 Å². The van der Waals surface area contributed by atoms with E-state index in [0.29, 0.717) is 0 Å². The molecular weight excluding hydrogens is 335 g/mol. The van der Waals surface area contributed by atoms with Gasteiger partial charge in [0.2, 0.25) is 5.95 Å². The third-order valence-corrected chi connectivity index (χ3v) is 3.94. The van der Waals surface area contributed by atoms with E-state index in [2.05, 4.69) is 4.98 Å². The number of carbonyl (C=O) groups excluding carboxylic acids is 1. The molecule has 0 saturated carbocycles. The number of carbonyl (C=O) groups is 1. The number of fused-ring (bicyclic) bond motifs is 1. The van der Waals surface area contributed by atoms with Gasteiger partial charge in [0.15, 0.2) is 5.78 Å². The maximum absolute atomic E-state index is 13.3. The lowest BCUT2D eigenvalue weighted by atomic mass is 9.90. The van der Waals surface area contributed by atoms with E-state index >= 15 is 0 Å². The lowest BCUT2D eigenvalue weighted by Crippen LogP contribution is -2.54. The van der Waals surface area contributed by atoms with E-state index in [1.165, 1.54) is 0 Å². The van der Waals surface area contributed by atoms with Gasteiger partial charge in [0.05, 0.1) is 6.54 Å². The van der Waals surface area contributed by atoms with Crippen molar-refractivity contribution >= 4 is 23.3 Å². The number of Topliss-reactive ketones (excluding diaryl/α,β-unsaturated/α-hetero) is 1. The van der Waals surface area contributed by atoms with E-state index in [1.54, 1.807) is 20.8 Å². The van der Waals surface area contributed by atoms with Crippen molar-refractivity contribution in [1.29, 1.82) is 0 Å². The van der Waals surface area contributed by atoms with Gasteiger partial charge < -0.3 is 4.90 Å². The fourth-order valence-electron chi connectivity index (χ4n) is 2.36. The molecular formula is C14H17ClF3N3O2. The zero-order valence-electron chi connectivity index (χ0n) is 12.9. The molecule has 0 aromatic carbocycles. The smallest absolute Gasteiger partial charge is 0.323 e. The molecule has 9 heteroatoms. The minimum Gasteiger partial charge on any atom is -0.323 e. The van der Waals surface area contributed by atoms with Crippen molar-refractivity contribution < 1.29 is 18.0 Å². The van der Waals surface area contributed by atoms with Crippen molar-refractivity contribution in [3.8, 4) is 0 Å². The first-order valence-corrected chi connectivity index (χ1v) is 7.43. The predicted molar refractivity (Wildman–Crippen MR) is 79.8 cm³/mol. The highest BCUT2D eigenvalue weighted by atomic mass is 35.5. The van der Waals surface area contributed by atoms with Gasteiger partial charge in [0.1, 0.15) is 11.2 Å². The summed E-state index contributed by atoms with van der Waals surface area (Å²) in [6, 6.07) is -0.831. The summed E-state index contributed by atoms with van der Waals surface area (Å²) in [5, 5.41) is -0.197. The van der Waals surface area contributed by atoms with E-state index in [0.717, 1.165) is 15.5 Å². The molecule has 2 heterocycles. The molecule has 5 nitrogen and oxygen atoms in total. The number of ketones is 1. The molecule has 0 aliphatic carbocycles. The molecule has 1 atom stereocenters. The monoisotopic (exact) mass is 351 g/mol. The van der Waals surface area contributed by atoms with Gasteiger partial charge in [0.25, 0.3) is 5.56 Å². The summed E-state index contributed by atoms with van der Waals surface area (Å²) in [5.41, 5.74) is -1.34. The highest BCUT2D eigenvalue weighted by molar-refractivity contribution is 6.29. The van der Waals surface area contributed by atoms with Crippen LogP contribution in [0, 0.1) is 5.41 Å². The van der Waals surface area contributed by atoms with Gasteiger partial charge in [-0.2, -0.15) is 13.2 Å². The Hall–Kier alpha value is -1.57. The molecule has 0 amide bonds. The van der Waals surface area contributed by atoms with Crippen LogP contribution in [0.3, 0.4) is 0 Å². The van der Waals surface area contributed by atoms with E-state index in [9.17, 15) is 22.8 Å². The van der Waals surface area contributed by atoms with Crippen LogP contribution in [0.4, 0.5) is 19.1 Å². The number of anilines is 1. The summed E-state index contributed by atoms with van der Waals surface area (Å²) in [7, 11) is 0. The summed E-state index contributed by atoms with van der Waals surface area (Å²) >= 11 is 5.72. The van der Waals surface area contributed by atoms with Crippen LogP contribution in [0.25, 0.3) is 0 Å². The Morgan fingerprint density at radius 3 is 2.52 bits per heavy atom. The molecule has 128 valence electrons.